The molecule has 0 saturated carbocycles. The van der Waals surface area contributed by atoms with Gasteiger partial charge >= 0.3 is 0 Å². The van der Waals surface area contributed by atoms with Gasteiger partial charge in [0.2, 0.25) is 0 Å². The lowest BCUT2D eigenvalue weighted by Crippen LogP contribution is -2.25. The minimum atomic E-state index is 0.158. The van der Waals surface area contributed by atoms with Crippen LogP contribution in [0.3, 0.4) is 0 Å². The Morgan fingerprint density at radius 1 is 1.10 bits per heavy atom. The van der Waals surface area contributed by atoms with Gasteiger partial charge in [0.05, 0.1) is 6.61 Å². The van der Waals surface area contributed by atoms with Crippen molar-refractivity contribution in [3.8, 4) is 5.75 Å². The fraction of sp³-hybridized carbons (Fsp3) is 0.684. The van der Waals surface area contributed by atoms with E-state index in [1.165, 1.54) is 11.1 Å². The van der Waals surface area contributed by atoms with Gasteiger partial charge in [-0.25, -0.2) is 0 Å². The molecule has 0 atom stereocenters. The van der Waals surface area contributed by atoms with Crippen molar-refractivity contribution in [3.63, 3.8) is 0 Å². The van der Waals surface area contributed by atoms with Gasteiger partial charge in [0.25, 0.3) is 0 Å². The van der Waals surface area contributed by atoms with Crippen LogP contribution in [0, 0.1) is 5.41 Å². The Bertz CT molecular complexity index is 443. The van der Waals surface area contributed by atoms with Crippen molar-refractivity contribution in [2.45, 2.75) is 66.2 Å². The van der Waals surface area contributed by atoms with Crippen molar-refractivity contribution in [3.05, 3.63) is 29.3 Å². The monoisotopic (exact) mass is 291 g/mol. The maximum absolute atomic E-state index is 5.85. The van der Waals surface area contributed by atoms with Crippen LogP contribution in [-0.2, 0) is 11.8 Å². The zero-order chi connectivity index (χ0) is 16.1. The summed E-state index contributed by atoms with van der Waals surface area (Å²) < 4.78 is 5.85. The van der Waals surface area contributed by atoms with Crippen molar-refractivity contribution in [1.82, 2.24) is 0 Å². The van der Waals surface area contributed by atoms with Crippen LogP contribution >= 0.6 is 0 Å². The zero-order valence-corrected chi connectivity index (χ0v) is 14.8. The van der Waals surface area contributed by atoms with Gasteiger partial charge in [-0.1, -0.05) is 53.7 Å². The van der Waals surface area contributed by atoms with Gasteiger partial charge in [0, 0.05) is 0 Å². The summed E-state index contributed by atoms with van der Waals surface area (Å²) in [6.45, 7) is 15.1. The standard InChI is InChI=1S/C19H33NO/c1-7-12-21-17-9-8-16(13-15(17)10-11-20)19(5,6)14-18(2,3)4/h8-9,13H,7,10-12,14,20H2,1-6H3. The molecule has 0 saturated heterocycles. The fourth-order valence-electron chi connectivity index (χ4n) is 3.13. The smallest absolute Gasteiger partial charge is 0.122 e. The number of nitrogens with two attached hydrogens (primary N) is 1. The Labute approximate surface area is 131 Å². The lowest BCUT2D eigenvalue weighted by Gasteiger charge is -2.33. The summed E-state index contributed by atoms with van der Waals surface area (Å²) >= 11 is 0. The molecular weight excluding hydrogens is 258 g/mol. The van der Waals surface area contributed by atoms with E-state index in [4.69, 9.17) is 10.5 Å². The lowest BCUT2D eigenvalue weighted by molar-refractivity contribution is 0.283. The molecule has 1 rings (SSSR count). The molecule has 1 aromatic rings. The van der Waals surface area contributed by atoms with Gasteiger partial charge in [-0.3, -0.25) is 0 Å². The Morgan fingerprint density at radius 3 is 2.29 bits per heavy atom. The third kappa shape index (κ3) is 5.70. The molecule has 1 aromatic carbocycles. The first kappa shape index (κ1) is 18.0. The molecule has 0 aliphatic rings. The van der Waals surface area contributed by atoms with Crippen molar-refractivity contribution in [1.29, 1.82) is 0 Å². The van der Waals surface area contributed by atoms with E-state index in [1.807, 2.05) is 0 Å². The van der Waals surface area contributed by atoms with E-state index in [2.05, 4.69) is 59.7 Å². The molecule has 2 nitrogen and oxygen atoms in total. The summed E-state index contributed by atoms with van der Waals surface area (Å²) in [6.07, 6.45) is 3.05. The minimum Gasteiger partial charge on any atom is -0.493 e. The lowest BCUT2D eigenvalue weighted by atomic mass is 9.72. The first-order valence-corrected chi connectivity index (χ1v) is 8.16. The summed E-state index contributed by atoms with van der Waals surface area (Å²) in [6, 6.07) is 6.64. The van der Waals surface area contributed by atoms with Gasteiger partial charge < -0.3 is 10.5 Å². The molecule has 0 bridgehead atoms. The first-order valence-electron chi connectivity index (χ1n) is 8.16. The topological polar surface area (TPSA) is 35.2 Å². The van der Waals surface area contributed by atoms with Crippen LogP contribution in [0.1, 0.15) is 65.5 Å². The Kier molecular flexibility index (Phi) is 6.27. The molecule has 0 aliphatic heterocycles. The van der Waals surface area contributed by atoms with Crippen molar-refractivity contribution < 1.29 is 4.74 Å². The highest BCUT2D eigenvalue weighted by molar-refractivity contribution is 5.40. The quantitative estimate of drug-likeness (QED) is 0.791. The summed E-state index contributed by atoms with van der Waals surface area (Å²) in [4.78, 5) is 0. The van der Waals surface area contributed by atoms with Gasteiger partial charge in [0.15, 0.2) is 0 Å². The molecule has 0 fully saturated rings. The molecule has 0 radical (unpaired) electrons. The van der Waals surface area contributed by atoms with Crippen LogP contribution in [0.15, 0.2) is 18.2 Å². The van der Waals surface area contributed by atoms with E-state index in [0.717, 1.165) is 31.6 Å². The van der Waals surface area contributed by atoms with E-state index in [1.54, 1.807) is 0 Å². The maximum atomic E-state index is 5.85. The second-order valence-corrected chi connectivity index (χ2v) is 7.83. The number of hydrogen-bond donors (Lipinski definition) is 1. The van der Waals surface area contributed by atoms with Gasteiger partial charge in [0.1, 0.15) is 5.75 Å². The highest BCUT2D eigenvalue weighted by atomic mass is 16.5. The molecule has 0 heterocycles. The maximum Gasteiger partial charge on any atom is 0.122 e. The van der Waals surface area contributed by atoms with Crippen LogP contribution < -0.4 is 10.5 Å². The second-order valence-electron chi connectivity index (χ2n) is 7.83. The number of rotatable bonds is 7. The van der Waals surface area contributed by atoms with Crippen LogP contribution in [0.25, 0.3) is 0 Å². The van der Waals surface area contributed by atoms with E-state index in [0.29, 0.717) is 12.0 Å². The fourth-order valence-corrected chi connectivity index (χ4v) is 3.13. The van der Waals surface area contributed by atoms with Gasteiger partial charge in [-0.05, 0) is 53.8 Å². The average Bonchev–Trinajstić information content (AvgIpc) is 2.34. The van der Waals surface area contributed by atoms with Crippen molar-refractivity contribution in [2.75, 3.05) is 13.2 Å². The SMILES string of the molecule is CCCOc1ccc(C(C)(C)CC(C)(C)C)cc1CCN. The number of ether oxygens (including phenoxy) is 1. The van der Waals surface area contributed by atoms with E-state index >= 15 is 0 Å². The highest BCUT2D eigenvalue weighted by Crippen LogP contribution is 2.37. The van der Waals surface area contributed by atoms with Gasteiger partial charge in [-0.15, -0.1) is 0 Å². The summed E-state index contributed by atoms with van der Waals surface area (Å²) in [5.74, 6) is 0.998. The van der Waals surface area contributed by atoms with Crippen LogP contribution in [0.4, 0.5) is 0 Å². The number of benzene rings is 1. The molecule has 0 amide bonds. The molecule has 2 heteroatoms. The predicted octanol–water partition coefficient (Wildman–Crippen LogP) is 4.69. The molecule has 21 heavy (non-hydrogen) atoms. The van der Waals surface area contributed by atoms with Crippen molar-refractivity contribution in [2.24, 2.45) is 11.1 Å². The summed E-state index contributed by atoms with van der Waals surface area (Å²) in [7, 11) is 0. The minimum absolute atomic E-state index is 0.158. The molecule has 0 unspecified atom stereocenters. The molecular formula is C19H33NO. The molecule has 0 spiro atoms. The Balaban J connectivity index is 3.06. The largest absolute Gasteiger partial charge is 0.493 e. The summed E-state index contributed by atoms with van der Waals surface area (Å²) in [5, 5.41) is 0. The first-order chi connectivity index (χ1) is 9.69. The molecule has 0 aromatic heterocycles. The highest BCUT2D eigenvalue weighted by Gasteiger charge is 2.27. The van der Waals surface area contributed by atoms with E-state index < -0.39 is 0 Å². The van der Waals surface area contributed by atoms with E-state index in [9.17, 15) is 0 Å². The Morgan fingerprint density at radius 2 is 1.76 bits per heavy atom. The normalized spacial score (nSPS) is 12.5. The molecule has 0 aliphatic carbocycles. The van der Waals surface area contributed by atoms with E-state index in [-0.39, 0.29) is 5.41 Å². The van der Waals surface area contributed by atoms with Crippen LogP contribution in [-0.4, -0.2) is 13.2 Å². The van der Waals surface area contributed by atoms with Gasteiger partial charge in [-0.2, -0.15) is 0 Å². The molecule has 120 valence electrons. The third-order valence-corrected chi connectivity index (χ3v) is 3.69. The zero-order valence-electron chi connectivity index (χ0n) is 14.8. The average molecular weight is 291 g/mol. The summed E-state index contributed by atoms with van der Waals surface area (Å²) in [5.41, 5.74) is 8.86. The van der Waals surface area contributed by atoms with Crippen molar-refractivity contribution >= 4 is 0 Å². The Hall–Kier alpha value is -1.02. The number of hydrogen-bond acceptors (Lipinski definition) is 2. The third-order valence-electron chi connectivity index (χ3n) is 3.69. The second kappa shape index (κ2) is 7.31. The predicted molar refractivity (Wildman–Crippen MR) is 92.1 cm³/mol. The van der Waals surface area contributed by atoms with Crippen LogP contribution in [0.5, 0.6) is 5.75 Å². The molecule has 2 N–H and O–H groups in total. The van der Waals surface area contributed by atoms with Crippen LogP contribution in [0.2, 0.25) is 0 Å².